The lowest BCUT2D eigenvalue weighted by molar-refractivity contribution is 0.540. The van der Waals surface area contributed by atoms with Crippen molar-refractivity contribution in [2.75, 3.05) is 0 Å². The van der Waals surface area contributed by atoms with Crippen molar-refractivity contribution >= 4 is 11.6 Å². The van der Waals surface area contributed by atoms with Crippen LogP contribution >= 0.6 is 11.6 Å². The Bertz CT molecular complexity index is 189. The summed E-state index contributed by atoms with van der Waals surface area (Å²) in [5.41, 5.74) is 4.58. The Balaban J connectivity index is 2.54. The third-order valence-corrected chi connectivity index (χ3v) is 2.80. The van der Waals surface area contributed by atoms with E-state index in [1.165, 1.54) is 30.4 Å². The number of allylic oxidation sites excluding steroid dienone is 3. The lowest BCUT2D eigenvalue weighted by Gasteiger charge is -2.20. The number of rotatable bonds is 1. The van der Waals surface area contributed by atoms with Gasteiger partial charge < -0.3 is 0 Å². The largest absolute Gasteiger partial charge is 0.0930 e. The summed E-state index contributed by atoms with van der Waals surface area (Å²) in [6.45, 7) is 4.32. The van der Waals surface area contributed by atoms with E-state index in [1.54, 1.807) is 5.54 Å². The second kappa shape index (κ2) is 3.96. The molecule has 1 rings (SSSR count). The standard InChI is InChI=1S/C10H15Cl/c1-8-3-5-10(6-4-8)9(2)7-11/h3,7,10H,4-6H2,1-2H3. The Morgan fingerprint density at radius 1 is 1.73 bits per heavy atom. The van der Waals surface area contributed by atoms with Crippen molar-refractivity contribution in [2.45, 2.75) is 33.1 Å². The molecule has 0 aromatic carbocycles. The van der Waals surface area contributed by atoms with Gasteiger partial charge in [0.05, 0.1) is 0 Å². The van der Waals surface area contributed by atoms with Gasteiger partial charge in [0.2, 0.25) is 0 Å². The average molecular weight is 171 g/mol. The van der Waals surface area contributed by atoms with Crippen LogP contribution in [0.1, 0.15) is 33.1 Å². The lowest BCUT2D eigenvalue weighted by atomic mass is 9.86. The highest BCUT2D eigenvalue weighted by atomic mass is 35.5. The fraction of sp³-hybridized carbons (Fsp3) is 0.600. The van der Waals surface area contributed by atoms with E-state index in [1.807, 2.05) is 0 Å². The van der Waals surface area contributed by atoms with Gasteiger partial charge in [0.25, 0.3) is 0 Å². The van der Waals surface area contributed by atoms with E-state index in [4.69, 9.17) is 11.6 Å². The third kappa shape index (κ3) is 2.37. The van der Waals surface area contributed by atoms with Crippen molar-refractivity contribution in [1.29, 1.82) is 0 Å². The van der Waals surface area contributed by atoms with Crippen LogP contribution in [-0.4, -0.2) is 0 Å². The van der Waals surface area contributed by atoms with E-state index in [0.29, 0.717) is 5.92 Å². The molecule has 0 spiro atoms. The van der Waals surface area contributed by atoms with Crippen molar-refractivity contribution < 1.29 is 0 Å². The summed E-state index contributed by atoms with van der Waals surface area (Å²) in [5, 5.41) is 0. The van der Waals surface area contributed by atoms with Gasteiger partial charge in [-0.3, -0.25) is 0 Å². The monoisotopic (exact) mass is 170 g/mol. The smallest absolute Gasteiger partial charge is 0.00346 e. The summed E-state index contributed by atoms with van der Waals surface area (Å²) in [5.74, 6) is 0.705. The maximum absolute atomic E-state index is 5.64. The van der Waals surface area contributed by atoms with Crippen LogP contribution in [0.4, 0.5) is 0 Å². The van der Waals surface area contributed by atoms with Gasteiger partial charge >= 0.3 is 0 Å². The zero-order chi connectivity index (χ0) is 8.27. The molecule has 1 unspecified atom stereocenters. The molecule has 0 radical (unpaired) electrons. The fourth-order valence-electron chi connectivity index (χ4n) is 1.47. The highest BCUT2D eigenvalue weighted by Gasteiger charge is 2.13. The molecule has 0 N–H and O–H groups in total. The molecular formula is C10H15Cl. The highest BCUT2D eigenvalue weighted by Crippen LogP contribution is 2.28. The van der Waals surface area contributed by atoms with Crippen LogP contribution in [-0.2, 0) is 0 Å². The SMILES string of the molecule is CC1=CCC(C(C)=CCl)CC1. The Kier molecular flexibility index (Phi) is 3.19. The first-order chi connectivity index (χ1) is 5.24. The topological polar surface area (TPSA) is 0 Å². The molecule has 0 saturated carbocycles. The molecule has 1 aliphatic rings. The van der Waals surface area contributed by atoms with Crippen LogP contribution in [0.25, 0.3) is 0 Å². The van der Waals surface area contributed by atoms with Gasteiger partial charge in [-0.1, -0.05) is 28.8 Å². The lowest BCUT2D eigenvalue weighted by Crippen LogP contribution is -2.05. The minimum atomic E-state index is 0.705. The van der Waals surface area contributed by atoms with Gasteiger partial charge in [-0.15, -0.1) is 0 Å². The molecule has 0 aliphatic heterocycles. The number of halogens is 1. The predicted molar refractivity (Wildman–Crippen MR) is 50.7 cm³/mol. The first-order valence-corrected chi connectivity index (χ1v) is 4.60. The quantitative estimate of drug-likeness (QED) is 0.524. The Hall–Kier alpha value is -0.230. The van der Waals surface area contributed by atoms with Gasteiger partial charge in [0.15, 0.2) is 0 Å². The van der Waals surface area contributed by atoms with E-state index < -0.39 is 0 Å². The third-order valence-electron chi connectivity index (χ3n) is 2.45. The van der Waals surface area contributed by atoms with Gasteiger partial charge in [0, 0.05) is 5.54 Å². The Morgan fingerprint density at radius 3 is 2.91 bits per heavy atom. The molecule has 11 heavy (non-hydrogen) atoms. The molecule has 0 fully saturated rings. The van der Waals surface area contributed by atoms with Crippen LogP contribution in [0.3, 0.4) is 0 Å². The zero-order valence-electron chi connectivity index (χ0n) is 7.23. The summed E-state index contributed by atoms with van der Waals surface area (Å²) < 4.78 is 0. The summed E-state index contributed by atoms with van der Waals surface area (Å²) in [6.07, 6.45) is 6.03. The number of hydrogen-bond donors (Lipinski definition) is 0. The van der Waals surface area contributed by atoms with Gasteiger partial charge in [-0.05, 0) is 39.0 Å². The first kappa shape index (κ1) is 8.86. The summed E-state index contributed by atoms with van der Waals surface area (Å²) >= 11 is 5.64. The van der Waals surface area contributed by atoms with Gasteiger partial charge in [0.1, 0.15) is 0 Å². The summed E-state index contributed by atoms with van der Waals surface area (Å²) in [6, 6.07) is 0. The van der Waals surface area contributed by atoms with Crippen LogP contribution in [0, 0.1) is 5.92 Å². The molecule has 0 bridgehead atoms. The second-order valence-corrected chi connectivity index (χ2v) is 3.59. The minimum Gasteiger partial charge on any atom is -0.0930 e. The maximum Gasteiger partial charge on any atom is 0.00346 e. The molecule has 0 aromatic rings. The van der Waals surface area contributed by atoms with Crippen molar-refractivity contribution in [3.05, 3.63) is 22.8 Å². The maximum atomic E-state index is 5.64. The van der Waals surface area contributed by atoms with E-state index >= 15 is 0 Å². The van der Waals surface area contributed by atoms with Crippen LogP contribution in [0.2, 0.25) is 0 Å². The van der Waals surface area contributed by atoms with E-state index in [2.05, 4.69) is 19.9 Å². The molecule has 1 atom stereocenters. The van der Waals surface area contributed by atoms with Crippen molar-refractivity contribution in [2.24, 2.45) is 5.92 Å². The minimum absolute atomic E-state index is 0.705. The van der Waals surface area contributed by atoms with E-state index in [9.17, 15) is 0 Å². The average Bonchev–Trinajstić information content (AvgIpc) is 2.05. The van der Waals surface area contributed by atoms with Crippen LogP contribution in [0.5, 0.6) is 0 Å². The summed E-state index contributed by atoms with van der Waals surface area (Å²) in [4.78, 5) is 0. The molecule has 0 heterocycles. The molecule has 1 aliphatic carbocycles. The van der Waals surface area contributed by atoms with Gasteiger partial charge in [-0.2, -0.15) is 0 Å². The number of hydrogen-bond acceptors (Lipinski definition) is 0. The fourth-order valence-corrected chi connectivity index (χ4v) is 1.65. The molecule has 0 saturated heterocycles. The van der Waals surface area contributed by atoms with E-state index in [-0.39, 0.29) is 0 Å². The van der Waals surface area contributed by atoms with Gasteiger partial charge in [-0.25, -0.2) is 0 Å². The molecular weight excluding hydrogens is 156 g/mol. The Labute approximate surface area is 73.9 Å². The second-order valence-electron chi connectivity index (χ2n) is 3.37. The molecule has 62 valence electrons. The normalized spacial score (nSPS) is 26.6. The molecule has 0 aromatic heterocycles. The van der Waals surface area contributed by atoms with Crippen molar-refractivity contribution in [3.63, 3.8) is 0 Å². The van der Waals surface area contributed by atoms with E-state index in [0.717, 1.165) is 0 Å². The molecule has 0 amide bonds. The Morgan fingerprint density at radius 2 is 2.45 bits per heavy atom. The predicted octanol–water partition coefficient (Wildman–Crippen LogP) is 3.88. The highest BCUT2D eigenvalue weighted by molar-refractivity contribution is 6.25. The zero-order valence-corrected chi connectivity index (χ0v) is 7.99. The van der Waals surface area contributed by atoms with Crippen molar-refractivity contribution in [1.82, 2.24) is 0 Å². The van der Waals surface area contributed by atoms with Crippen LogP contribution in [0.15, 0.2) is 22.8 Å². The van der Waals surface area contributed by atoms with Crippen LogP contribution < -0.4 is 0 Å². The molecule has 0 nitrogen and oxygen atoms in total. The van der Waals surface area contributed by atoms with Crippen molar-refractivity contribution in [3.8, 4) is 0 Å². The summed E-state index contributed by atoms with van der Waals surface area (Å²) in [7, 11) is 0. The molecule has 1 heteroatoms. The first-order valence-electron chi connectivity index (χ1n) is 4.16.